The number of nitrogens with one attached hydrogen (secondary N) is 1. The summed E-state index contributed by atoms with van der Waals surface area (Å²) in [5, 5.41) is 2.77. The van der Waals surface area contributed by atoms with Gasteiger partial charge in [0, 0.05) is 17.3 Å². The van der Waals surface area contributed by atoms with Crippen molar-refractivity contribution < 1.29 is 44.8 Å². The molecule has 1 aliphatic heterocycles. The van der Waals surface area contributed by atoms with E-state index in [4.69, 9.17) is 9.47 Å². The predicted molar refractivity (Wildman–Crippen MR) is 108 cm³/mol. The summed E-state index contributed by atoms with van der Waals surface area (Å²) in [6.07, 6.45) is -2.81. The second-order valence-electron chi connectivity index (χ2n) is 6.95. The molecule has 1 aliphatic rings. The van der Waals surface area contributed by atoms with Gasteiger partial charge in [-0.3, -0.25) is 15.2 Å². The number of allylic oxidation sites excluding steroid dienone is 2. The lowest BCUT2D eigenvalue weighted by Gasteiger charge is -2.31. The summed E-state index contributed by atoms with van der Waals surface area (Å²) >= 11 is 0. The van der Waals surface area contributed by atoms with Crippen LogP contribution in [0.15, 0.2) is 36.0 Å². The van der Waals surface area contributed by atoms with Crippen LogP contribution in [0, 0.1) is 17.5 Å². The molecular weight excluding hydrogens is 476 g/mol. The minimum atomic E-state index is -5.12. The molecule has 33 heavy (non-hydrogen) atoms. The molecule has 0 fully saturated rings. The number of carbonyl (C=O) groups excluding carboxylic acids is 1. The molecule has 0 radical (unpaired) electrons. The van der Waals surface area contributed by atoms with Crippen LogP contribution in [0.2, 0.25) is 0 Å². The number of hydrogen-bond donors (Lipinski definition) is 1. The van der Waals surface area contributed by atoms with Crippen LogP contribution in [0.5, 0.6) is 17.2 Å². The Morgan fingerprint density at radius 2 is 1.73 bits per heavy atom. The van der Waals surface area contributed by atoms with Crippen LogP contribution < -0.4 is 14.8 Å². The van der Waals surface area contributed by atoms with Crippen molar-refractivity contribution in [2.45, 2.75) is 19.1 Å². The van der Waals surface area contributed by atoms with Crippen LogP contribution >= 0.6 is 0 Å². The van der Waals surface area contributed by atoms with Crippen molar-refractivity contribution in [2.24, 2.45) is 0 Å². The van der Waals surface area contributed by atoms with E-state index >= 15 is 0 Å². The molecule has 0 bridgehead atoms. The van der Waals surface area contributed by atoms with Gasteiger partial charge in [0.15, 0.2) is 17.3 Å². The van der Waals surface area contributed by atoms with Crippen molar-refractivity contribution in [3.05, 3.63) is 64.6 Å². The Bertz CT molecular complexity index is 1250. The number of alkyl halides is 3. The number of hydrogen-bond acceptors (Lipinski definition) is 6. The Morgan fingerprint density at radius 1 is 1.06 bits per heavy atom. The van der Waals surface area contributed by atoms with E-state index in [1.54, 1.807) is 0 Å². The molecule has 1 heterocycles. The van der Waals surface area contributed by atoms with Gasteiger partial charge in [0.05, 0.1) is 18.7 Å². The van der Waals surface area contributed by atoms with E-state index < -0.39 is 68.7 Å². The zero-order valence-electron chi connectivity index (χ0n) is 17.3. The highest BCUT2D eigenvalue weighted by molar-refractivity contribution is 7.85. The van der Waals surface area contributed by atoms with Crippen LogP contribution in [0.1, 0.15) is 24.1 Å². The molecule has 0 aromatic heterocycles. The SMILES string of the molecule is COc1c(Oc2cc(C(F)(F)F)c(F)cc2C2NC(C)=CC(=O)C2=[S-](C)=O)ccc(F)c1F. The topological polar surface area (TPSA) is 64.6 Å². The van der Waals surface area contributed by atoms with Crippen LogP contribution in [-0.2, 0) is 25.6 Å². The van der Waals surface area contributed by atoms with E-state index in [9.17, 15) is 35.3 Å². The lowest BCUT2D eigenvalue weighted by atomic mass is 9.95. The number of methoxy groups -OCH3 is 1. The second-order valence-corrected chi connectivity index (χ2v) is 8.30. The predicted octanol–water partition coefficient (Wildman–Crippen LogP) is 4.81. The van der Waals surface area contributed by atoms with Crippen molar-refractivity contribution >= 4 is 21.0 Å². The van der Waals surface area contributed by atoms with Gasteiger partial charge < -0.3 is 19.0 Å². The summed E-state index contributed by atoms with van der Waals surface area (Å²) in [6.45, 7) is 1.47. The van der Waals surface area contributed by atoms with Crippen LogP contribution in [0.4, 0.5) is 26.3 Å². The van der Waals surface area contributed by atoms with Crippen molar-refractivity contribution in [2.75, 3.05) is 13.4 Å². The van der Waals surface area contributed by atoms with Crippen LogP contribution in [-0.4, -0.2) is 24.0 Å². The highest BCUT2D eigenvalue weighted by atomic mass is 32.2. The number of rotatable bonds is 4. The minimum absolute atomic E-state index is 0.262. The molecule has 2 aromatic carbocycles. The normalized spacial score (nSPS) is 18.5. The van der Waals surface area contributed by atoms with E-state index in [1.807, 2.05) is 0 Å². The summed E-state index contributed by atoms with van der Waals surface area (Å²) in [5.74, 6) is -7.00. The highest BCUT2D eigenvalue weighted by Gasteiger charge is 2.37. The smallest absolute Gasteiger partial charge is 0.419 e. The van der Waals surface area contributed by atoms with Crippen molar-refractivity contribution in [3.63, 3.8) is 0 Å². The first-order valence-corrected chi connectivity index (χ1v) is 10.7. The zero-order valence-corrected chi connectivity index (χ0v) is 18.1. The first kappa shape index (κ1) is 24.5. The average molecular weight is 492 g/mol. The van der Waals surface area contributed by atoms with E-state index in [1.165, 1.54) is 13.2 Å². The number of ether oxygens (including phenoxy) is 2. The van der Waals surface area contributed by atoms with E-state index in [2.05, 4.69) is 5.32 Å². The molecule has 0 spiro atoms. The van der Waals surface area contributed by atoms with E-state index in [-0.39, 0.29) is 16.1 Å². The van der Waals surface area contributed by atoms with Gasteiger partial charge in [0.1, 0.15) is 11.6 Å². The van der Waals surface area contributed by atoms with Gasteiger partial charge in [0.25, 0.3) is 0 Å². The van der Waals surface area contributed by atoms with Crippen molar-refractivity contribution in [3.8, 4) is 17.2 Å². The second kappa shape index (κ2) is 9.00. The maximum absolute atomic E-state index is 14.5. The fourth-order valence-corrected chi connectivity index (χ4v) is 4.13. The highest BCUT2D eigenvalue weighted by Crippen LogP contribution is 2.42. The molecule has 0 saturated carbocycles. The maximum Gasteiger partial charge on any atom is 0.419 e. The largest absolute Gasteiger partial charge is 0.490 e. The Morgan fingerprint density at radius 3 is 2.30 bits per heavy atom. The molecule has 2 aromatic rings. The first-order valence-electron chi connectivity index (χ1n) is 9.15. The minimum Gasteiger partial charge on any atom is -0.490 e. The van der Waals surface area contributed by atoms with Crippen molar-refractivity contribution in [1.82, 2.24) is 5.32 Å². The van der Waals surface area contributed by atoms with Crippen LogP contribution in [0.25, 0.3) is 0 Å². The third-order valence-electron chi connectivity index (χ3n) is 4.69. The lowest BCUT2D eigenvalue weighted by molar-refractivity contribution is -0.140. The molecule has 0 amide bonds. The standard InChI is InChI=1S/C21H16F6NO4S/c1-9-6-14(29)20(33(3)30)18(28-9)10-7-13(23)11(21(25,26)27)8-16(10)32-15-5-4-12(22)17(24)19(15)31-2/h4-8,18,28H,1-3H3/q-1. The molecule has 5 nitrogen and oxygen atoms in total. The maximum atomic E-state index is 14.5. The van der Waals surface area contributed by atoms with Gasteiger partial charge in [-0.25, -0.2) is 8.78 Å². The van der Waals surface area contributed by atoms with Gasteiger partial charge in [-0.05, 0) is 31.2 Å². The molecule has 3 rings (SSSR count). The third-order valence-corrected chi connectivity index (χ3v) is 5.74. The number of benzene rings is 2. The van der Waals surface area contributed by atoms with Gasteiger partial charge in [0.2, 0.25) is 11.6 Å². The molecule has 178 valence electrons. The zero-order chi connectivity index (χ0) is 24.7. The monoisotopic (exact) mass is 492 g/mol. The molecule has 0 saturated heterocycles. The van der Waals surface area contributed by atoms with Gasteiger partial charge in [-0.2, -0.15) is 17.6 Å². The summed E-state index contributed by atoms with van der Waals surface area (Å²) in [4.78, 5) is 12.2. The van der Waals surface area contributed by atoms with E-state index in [0.717, 1.165) is 19.3 Å². The summed E-state index contributed by atoms with van der Waals surface area (Å²) in [6, 6.07) is 1.05. The first-order chi connectivity index (χ1) is 15.3. The molecular formula is C21H16F6NO4S-. The summed E-state index contributed by atoms with van der Waals surface area (Å²) in [7, 11) is -0.913. The molecule has 1 N–H and O–H groups in total. The molecule has 1 atom stereocenters. The Labute approximate surface area is 186 Å². The van der Waals surface area contributed by atoms with Crippen LogP contribution in [0.3, 0.4) is 0 Å². The number of halogens is 6. The lowest BCUT2D eigenvalue weighted by Crippen LogP contribution is -2.38. The van der Waals surface area contributed by atoms with Gasteiger partial charge in [-0.15, -0.1) is 6.26 Å². The fraction of sp³-hybridized carbons (Fsp3) is 0.238. The molecule has 0 aliphatic carbocycles. The number of ketones is 1. The average Bonchev–Trinajstić information content (AvgIpc) is 2.70. The van der Waals surface area contributed by atoms with E-state index in [0.29, 0.717) is 18.2 Å². The molecule has 12 heteroatoms. The Balaban J connectivity index is 2.28. The summed E-state index contributed by atoms with van der Waals surface area (Å²) in [5.41, 5.74) is -1.74. The molecule has 1 unspecified atom stereocenters. The Kier molecular flexibility index (Phi) is 6.68. The van der Waals surface area contributed by atoms with Crippen molar-refractivity contribution in [1.29, 1.82) is 0 Å². The number of carbonyl (C=O) groups is 1. The summed E-state index contributed by atoms with van der Waals surface area (Å²) < 4.78 is 105. The van der Waals surface area contributed by atoms with Gasteiger partial charge >= 0.3 is 6.18 Å². The Hall–Kier alpha value is -3.15. The fourth-order valence-electron chi connectivity index (χ4n) is 3.27. The quantitative estimate of drug-likeness (QED) is 0.377. The third kappa shape index (κ3) is 4.80. The van der Waals surface area contributed by atoms with Gasteiger partial charge in [-0.1, -0.05) is 4.86 Å².